The zero-order valence-corrected chi connectivity index (χ0v) is 19.5. The molecule has 7 heteroatoms. The van der Waals surface area contributed by atoms with Crippen LogP contribution in [0.3, 0.4) is 0 Å². The standard InChI is InChI=1S/C22H25BrClNO3S/c1-16(3-4-17-14-25-22-10-5-18(24)13-21(17)22)15-29(26,27)20-8-6-19(7-9-20)28-12-2-11-23/h5-10,13-14,16,25H,2-4,11-12,15H2,1H3. The molecule has 0 aliphatic rings. The van der Waals surface area contributed by atoms with Crippen LogP contribution < -0.4 is 4.74 Å². The van der Waals surface area contributed by atoms with E-state index in [1.807, 2.05) is 31.3 Å². The Morgan fingerprint density at radius 2 is 1.93 bits per heavy atom. The van der Waals surface area contributed by atoms with Crippen LogP contribution >= 0.6 is 27.5 Å². The van der Waals surface area contributed by atoms with Crippen molar-refractivity contribution in [3.63, 3.8) is 0 Å². The molecule has 1 N–H and O–H groups in total. The summed E-state index contributed by atoms with van der Waals surface area (Å²) in [6.07, 6.45) is 4.47. The number of hydrogen-bond acceptors (Lipinski definition) is 3. The first-order valence-electron chi connectivity index (χ1n) is 9.66. The molecule has 1 aromatic heterocycles. The number of sulfone groups is 1. The molecule has 2 aromatic carbocycles. The highest BCUT2D eigenvalue weighted by Gasteiger charge is 2.19. The maximum Gasteiger partial charge on any atom is 0.178 e. The highest BCUT2D eigenvalue weighted by molar-refractivity contribution is 9.09. The van der Waals surface area contributed by atoms with Crippen LogP contribution in [0.2, 0.25) is 5.02 Å². The van der Waals surface area contributed by atoms with E-state index >= 15 is 0 Å². The molecule has 0 saturated carbocycles. The molecule has 1 atom stereocenters. The second kappa shape index (κ2) is 10.0. The Morgan fingerprint density at radius 1 is 1.17 bits per heavy atom. The number of H-pyrrole nitrogens is 1. The largest absolute Gasteiger partial charge is 0.494 e. The average molecular weight is 499 g/mol. The third kappa shape index (κ3) is 6.00. The van der Waals surface area contributed by atoms with Gasteiger partial charge in [0.05, 0.1) is 17.3 Å². The number of halogens is 2. The molecular formula is C22H25BrClNO3S. The maximum absolute atomic E-state index is 12.8. The Labute approximate surface area is 185 Å². The highest BCUT2D eigenvalue weighted by atomic mass is 79.9. The van der Waals surface area contributed by atoms with Gasteiger partial charge in [-0.15, -0.1) is 0 Å². The van der Waals surface area contributed by atoms with E-state index in [1.165, 1.54) is 0 Å². The first-order valence-corrected chi connectivity index (χ1v) is 12.8. The smallest absolute Gasteiger partial charge is 0.178 e. The number of nitrogens with one attached hydrogen (secondary N) is 1. The number of fused-ring (bicyclic) bond motifs is 1. The van der Waals surface area contributed by atoms with Gasteiger partial charge in [-0.3, -0.25) is 0 Å². The van der Waals surface area contributed by atoms with Crippen molar-refractivity contribution in [2.24, 2.45) is 5.92 Å². The SMILES string of the molecule is CC(CCc1c[nH]c2ccc(Cl)cc12)CS(=O)(=O)c1ccc(OCCCBr)cc1. The van der Waals surface area contributed by atoms with Gasteiger partial charge in [0.15, 0.2) is 9.84 Å². The fraction of sp³-hybridized carbons (Fsp3) is 0.364. The Kier molecular flexibility index (Phi) is 7.66. The Morgan fingerprint density at radius 3 is 2.66 bits per heavy atom. The minimum atomic E-state index is -3.33. The van der Waals surface area contributed by atoms with Crippen molar-refractivity contribution in [1.82, 2.24) is 4.98 Å². The van der Waals surface area contributed by atoms with Crippen molar-refractivity contribution in [2.75, 3.05) is 17.7 Å². The van der Waals surface area contributed by atoms with Crippen molar-refractivity contribution in [3.05, 3.63) is 59.2 Å². The van der Waals surface area contributed by atoms with Crippen molar-refractivity contribution in [2.45, 2.75) is 31.1 Å². The number of hydrogen-bond donors (Lipinski definition) is 1. The van der Waals surface area contributed by atoms with Crippen LogP contribution in [0.15, 0.2) is 53.6 Å². The molecule has 0 bridgehead atoms. The summed E-state index contributed by atoms with van der Waals surface area (Å²) in [5.41, 5.74) is 2.21. The van der Waals surface area contributed by atoms with Crippen LogP contribution in [-0.2, 0) is 16.3 Å². The van der Waals surface area contributed by atoms with Gasteiger partial charge in [0.1, 0.15) is 5.75 Å². The minimum absolute atomic E-state index is 0.0407. The normalized spacial score (nSPS) is 12.9. The molecule has 0 aliphatic heterocycles. The number of ether oxygens (including phenoxy) is 1. The maximum atomic E-state index is 12.8. The minimum Gasteiger partial charge on any atom is -0.494 e. The van der Waals surface area contributed by atoms with E-state index in [0.29, 0.717) is 22.3 Å². The van der Waals surface area contributed by atoms with Crippen LogP contribution in [0, 0.1) is 5.92 Å². The van der Waals surface area contributed by atoms with Crippen molar-refractivity contribution >= 4 is 48.3 Å². The average Bonchev–Trinajstić information content (AvgIpc) is 3.09. The third-order valence-corrected chi connectivity index (χ3v) is 7.66. The lowest BCUT2D eigenvalue weighted by Crippen LogP contribution is -2.15. The van der Waals surface area contributed by atoms with Gasteiger partial charge in [0.25, 0.3) is 0 Å². The predicted molar refractivity (Wildman–Crippen MR) is 123 cm³/mol. The van der Waals surface area contributed by atoms with Gasteiger partial charge in [-0.2, -0.15) is 0 Å². The first-order chi connectivity index (χ1) is 13.9. The van der Waals surface area contributed by atoms with Gasteiger partial charge in [-0.05, 0) is 73.2 Å². The molecule has 0 saturated heterocycles. The van der Waals surface area contributed by atoms with E-state index < -0.39 is 9.84 Å². The zero-order chi connectivity index (χ0) is 20.9. The van der Waals surface area contributed by atoms with Crippen LogP contribution in [0.5, 0.6) is 5.75 Å². The summed E-state index contributed by atoms with van der Waals surface area (Å²) in [6.45, 7) is 2.59. The monoisotopic (exact) mass is 497 g/mol. The molecule has 1 unspecified atom stereocenters. The second-order valence-electron chi connectivity index (χ2n) is 7.29. The van der Waals surface area contributed by atoms with Crippen LogP contribution in [0.25, 0.3) is 10.9 Å². The van der Waals surface area contributed by atoms with Crippen LogP contribution in [0.1, 0.15) is 25.3 Å². The highest BCUT2D eigenvalue weighted by Crippen LogP contribution is 2.25. The van der Waals surface area contributed by atoms with Crippen molar-refractivity contribution in [3.8, 4) is 5.75 Å². The van der Waals surface area contributed by atoms with Gasteiger partial charge in [0, 0.05) is 27.5 Å². The van der Waals surface area contributed by atoms with Gasteiger partial charge in [-0.25, -0.2) is 8.42 Å². The van der Waals surface area contributed by atoms with Gasteiger partial charge in [-0.1, -0.05) is 34.5 Å². The molecule has 3 rings (SSSR count). The number of benzene rings is 2. The van der Waals surface area contributed by atoms with Crippen LogP contribution in [-0.4, -0.2) is 31.1 Å². The van der Waals surface area contributed by atoms with E-state index in [1.54, 1.807) is 24.3 Å². The predicted octanol–water partition coefficient (Wildman–Crippen LogP) is 6.03. The number of rotatable bonds is 10. The lowest BCUT2D eigenvalue weighted by Gasteiger charge is -2.12. The Bertz CT molecular complexity index is 1050. The molecule has 0 fully saturated rings. The molecule has 0 spiro atoms. The van der Waals surface area contributed by atoms with E-state index in [4.69, 9.17) is 16.3 Å². The molecule has 0 aliphatic carbocycles. The van der Waals surface area contributed by atoms with Crippen molar-refractivity contribution < 1.29 is 13.2 Å². The lowest BCUT2D eigenvalue weighted by atomic mass is 10.0. The van der Waals surface area contributed by atoms with Gasteiger partial charge < -0.3 is 9.72 Å². The quantitative estimate of drug-likeness (QED) is 0.274. The third-order valence-electron chi connectivity index (χ3n) is 4.87. The number of aromatic amines is 1. The second-order valence-corrected chi connectivity index (χ2v) is 10.6. The molecule has 3 aromatic rings. The van der Waals surface area contributed by atoms with Gasteiger partial charge >= 0.3 is 0 Å². The van der Waals surface area contributed by atoms with E-state index in [0.717, 1.165) is 41.1 Å². The summed E-state index contributed by atoms with van der Waals surface area (Å²) in [5, 5.41) is 2.68. The molecule has 0 radical (unpaired) electrons. The van der Waals surface area contributed by atoms with Gasteiger partial charge in [0.2, 0.25) is 0 Å². The molecule has 0 amide bonds. The molecule has 4 nitrogen and oxygen atoms in total. The Balaban J connectivity index is 1.58. The van der Waals surface area contributed by atoms with E-state index in [-0.39, 0.29) is 11.7 Å². The first kappa shape index (κ1) is 22.2. The fourth-order valence-corrected chi connectivity index (χ4v) is 5.36. The molecule has 1 heterocycles. The molecule has 156 valence electrons. The topological polar surface area (TPSA) is 59.2 Å². The fourth-order valence-electron chi connectivity index (χ4n) is 3.30. The summed E-state index contributed by atoms with van der Waals surface area (Å²) in [6, 6.07) is 12.5. The zero-order valence-electron chi connectivity index (χ0n) is 16.3. The summed E-state index contributed by atoms with van der Waals surface area (Å²) in [4.78, 5) is 3.59. The number of aromatic nitrogens is 1. The Hall–Kier alpha value is -1.50. The van der Waals surface area contributed by atoms with Crippen molar-refractivity contribution in [1.29, 1.82) is 0 Å². The van der Waals surface area contributed by atoms with Crippen LogP contribution in [0.4, 0.5) is 0 Å². The van der Waals surface area contributed by atoms with E-state index in [9.17, 15) is 8.42 Å². The molecule has 29 heavy (non-hydrogen) atoms. The lowest BCUT2D eigenvalue weighted by molar-refractivity contribution is 0.319. The summed E-state index contributed by atoms with van der Waals surface area (Å²) >= 11 is 9.46. The summed E-state index contributed by atoms with van der Waals surface area (Å²) < 4.78 is 31.1. The number of alkyl halides is 1. The van der Waals surface area contributed by atoms with E-state index in [2.05, 4.69) is 20.9 Å². The summed E-state index contributed by atoms with van der Waals surface area (Å²) in [7, 11) is -3.33. The summed E-state index contributed by atoms with van der Waals surface area (Å²) in [5.74, 6) is 0.856. The number of aryl methyl sites for hydroxylation is 1. The molecular weight excluding hydrogens is 474 g/mol.